The second kappa shape index (κ2) is 3.92. The largest absolute Gasteiger partial charge is 0.328 e. The molecule has 2 aliphatic rings. The number of nitrogens with zero attached hydrogens (tertiary/aromatic N) is 5. The van der Waals surface area contributed by atoms with Crippen molar-refractivity contribution in [2.75, 3.05) is 0 Å². The zero-order chi connectivity index (χ0) is 11.5. The van der Waals surface area contributed by atoms with Crippen LogP contribution in [0.25, 0.3) is 0 Å². The highest BCUT2D eigenvalue weighted by Crippen LogP contribution is 2.07. The van der Waals surface area contributed by atoms with Gasteiger partial charge in [0, 0.05) is 6.21 Å². The minimum atomic E-state index is -1.18. The van der Waals surface area contributed by atoms with Crippen molar-refractivity contribution in [2.24, 2.45) is 31.6 Å². The molecule has 10 heteroatoms. The molecule has 1 fully saturated rings. The van der Waals surface area contributed by atoms with E-state index in [1.54, 1.807) is 0 Å². The summed E-state index contributed by atoms with van der Waals surface area (Å²) in [7, 11) is 0. The predicted octanol–water partition coefficient (Wildman–Crippen LogP) is -0.844. The van der Waals surface area contributed by atoms with Crippen LogP contribution in [0.15, 0.2) is 25.7 Å². The number of barbiturate groups is 1. The van der Waals surface area contributed by atoms with Crippen LogP contribution in [0.1, 0.15) is 0 Å². The van der Waals surface area contributed by atoms with Gasteiger partial charge in [-0.1, -0.05) is 0 Å². The molecule has 2 heterocycles. The van der Waals surface area contributed by atoms with E-state index in [4.69, 9.17) is 0 Å². The molecule has 2 N–H and O–H groups in total. The fourth-order valence-electron chi connectivity index (χ4n) is 1.05. The molecule has 0 spiro atoms. The lowest BCUT2D eigenvalue weighted by Gasteiger charge is -2.16. The predicted molar refractivity (Wildman–Crippen MR) is 47.2 cm³/mol. The van der Waals surface area contributed by atoms with Crippen molar-refractivity contribution in [1.82, 2.24) is 10.6 Å². The van der Waals surface area contributed by atoms with Gasteiger partial charge in [-0.05, 0) is 10.4 Å². The standard InChI is InChI=1S/C6H5N7O3/c14-3-2(4(15)9-6(16)8-3)1-7-5-10-12-13-11-5/h1-2,5H,(H2,8,9,14,15,16). The summed E-state index contributed by atoms with van der Waals surface area (Å²) in [6.45, 7) is 0. The first-order chi connectivity index (χ1) is 7.66. The van der Waals surface area contributed by atoms with Crippen molar-refractivity contribution in [3.8, 4) is 0 Å². The molecule has 0 saturated carbocycles. The van der Waals surface area contributed by atoms with Crippen LogP contribution in [-0.2, 0) is 9.59 Å². The lowest BCUT2D eigenvalue weighted by molar-refractivity contribution is -0.132. The molecule has 0 radical (unpaired) electrons. The van der Waals surface area contributed by atoms with E-state index in [1.165, 1.54) is 0 Å². The molecule has 82 valence electrons. The minimum absolute atomic E-state index is 0.746. The first-order valence-corrected chi connectivity index (χ1v) is 4.16. The van der Waals surface area contributed by atoms with E-state index >= 15 is 0 Å². The number of imide groups is 2. The van der Waals surface area contributed by atoms with E-state index in [-0.39, 0.29) is 0 Å². The summed E-state index contributed by atoms with van der Waals surface area (Å²) in [5, 5.41) is 17.1. The van der Waals surface area contributed by atoms with E-state index < -0.39 is 30.1 Å². The highest BCUT2D eigenvalue weighted by Gasteiger charge is 2.32. The number of nitrogens with one attached hydrogen (secondary N) is 2. The summed E-state index contributed by atoms with van der Waals surface area (Å²) in [6.07, 6.45) is 0.184. The van der Waals surface area contributed by atoms with Crippen LogP contribution in [0.4, 0.5) is 4.79 Å². The zero-order valence-electron chi connectivity index (χ0n) is 7.69. The second-order valence-electron chi connectivity index (χ2n) is 2.84. The van der Waals surface area contributed by atoms with Crippen molar-refractivity contribution in [3.05, 3.63) is 0 Å². The molecular formula is C6H5N7O3. The first kappa shape index (κ1) is 10.0. The molecular weight excluding hydrogens is 218 g/mol. The van der Waals surface area contributed by atoms with Crippen LogP contribution >= 0.6 is 0 Å². The van der Waals surface area contributed by atoms with Gasteiger partial charge in [-0.2, -0.15) is 0 Å². The van der Waals surface area contributed by atoms with Gasteiger partial charge in [-0.25, -0.2) is 9.79 Å². The Hall–Kier alpha value is -2.52. The van der Waals surface area contributed by atoms with Crippen molar-refractivity contribution >= 4 is 24.1 Å². The topological polar surface area (TPSA) is 137 Å². The number of amides is 4. The minimum Gasteiger partial charge on any atom is -0.277 e. The molecule has 0 aromatic carbocycles. The van der Waals surface area contributed by atoms with Gasteiger partial charge in [0.1, 0.15) is 0 Å². The van der Waals surface area contributed by atoms with E-state index in [9.17, 15) is 14.4 Å². The third-order valence-electron chi connectivity index (χ3n) is 1.76. The molecule has 0 aromatic rings. The number of carbonyl (C=O) groups excluding carboxylic acids is 3. The third kappa shape index (κ3) is 1.94. The molecule has 0 atom stereocenters. The summed E-state index contributed by atoms with van der Waals surface area (Å²) in [4.78, 5) is 36.9. The van der Waals surface area contributed by atoms with Crippen LogP contribution in [0.3, 0.4) is 0 Å². The quantitative estimate of drug-likeness (QED) is 0.466. The normalized spacial score (nSPS) is 21.9. The van der Waals surface area contributed by atoms with Crippen molar-refractivity contribution < 1.29 is 14.4 Å². The fourth-order valence-corrected chi connectivity index (χ4v) is 1.05. The Morgan fingerprint density at radius 1 is 1.06 bits per heavy atom. The maximum absolute atomic E-state index is 11.2. The van der Waals surface area contributed by atoms with Crippen LogP contribution < -0.4 is 10.6 Å². The SMILES string of the molecule is O=C1NC(=O)C(C=NC2N=NN=N2)C(=O)N1. The average molecular weight is 223 g/mol. The highest BCUT2D eigenvalue weighted by molar-refractivity contribution is 6.23. The zero-order valence-corrected chi connectivity index (χ0v) is 7.69. The van der Waals surface area contributed by atoms with Gasteiger partial charge in [0.2, 0.25) is 11.8 Å². The van der Waals surface area contributed by atoms with Crippen LogP contribution in [-0.4, -0.2) is 30.3 Å². The molecule has 0 bridgehead atoms. The third-order valence-corrected chi connectivity index (χ3v) is 1.76. The van der Waals surface area contributed by atoms with Gasteiger partial charge in [0.05, 0.1) is 0 Å². The van der Waals surface area contributed by atoms with Gasteiger partial charge < -0.3 is 0 Å². The van der Waals surface area contributed by atoms with E-state index in [0.29, 0.717) is 0 Å². The Morgan fingerprint density at radius 3 is 2.19 bits per heavy atom. The average Bonchev–Trinajstić information content (AvgIpc) is 2.68. The molecule has 2 rings (SSSR count). The Bertz CT molecular complexity index is 407. The molecule has 16 heavy (non-hydrogen) atoms. The summed E-state index contributed by atoms with van der Waals surface area (Å²) in [5.74, 6) is -2.67. The Labute approximate surface area is 87.9 Å². The van der Waals surface area contributed by atoms with Gasteiger partial charge in [0.15, 0.2) is 5.92 Å². The Kier molecular flexibility index (Phi) is 2.45. The van der Waals surface area contributed by atoms with Gasteiger partial charge in [0.25, 0.3) is 6.29 Å². The number of carbonyl (C=O) groups is 3. The molecule has 4 amide bonds. The number of urea groups is 1. The number of hydrogen-bond acceptors (Lipinski definition) is 8. The smallest absolute Gasteiger partial charge is 0.277 e. The molecule has 2 aliphatic heterocycles. The summed E-state index contributed by atoms with van der Waals surface area (Å²) in [5.41, 5.74) is 0. The van der Waals surface area contributed by atoms with Crippen molar-refractivity contribution in [3.63, 3.8) is 0 Å². The van der Waals surface area contributed by atoms with E-state index in [1.807, 2.05) is 10.6 Å². The van der Waals surface area contributed by atoms with E-state index in [0.717, 1.165) is 6.21 Å². The van der Waals surface area contributed by atoms with Crippen LogP contribution in [0, 0.1) is 5.92 Å². The summed E-state index contributed by atoms with van der Waals surface area (Å²) < 4.78 is 0. The number of hydrogen-bond donors (Lipinski definition) is 2. The van der Waals surface area contributed by atoms with Gasteiger partial charge >= 0.3 is 6.03 Å². The number of rotatable bonds is 2. The fraction of sp³-hybridized carbons (Fsp3) is 0.333. The van der Waals surface area contributed by atoms with Crippen LogP contribution in [0.2, 0.25) is 0 Å². The number of aliphatic imine (C=N–C) groups is 1. The maximum atomic E-state index is 11.2. The lowest BCUT2D eigenvalue weighted by atomic mass is 10.1. The maximum Gasteiger partial charge on any atom is 0.328 e. The van der Waals surface area contributed by atoms with Crippen molar-refractivity contribution in [2.45, 2.75) is 6.29 Å². The molecule has 0 unspecified atom stereocenters. The summed E-state index contributed by atoms with van der Waals surface area (Å²) >= 11 is 0. The van der Waals surface area contributed by atoms with E-state index in [2.05, 4.69) is 25.7 Å². The van der Waals surface area contributed by atoms with Gasteiger partial charge in [-0.3, -0.25) is 20.2 Å². The van der Waals surface area contributed by atoms with Gasteiger partial charge in [-0.15, -0.1) is 10.2 Å². The first-order valence-electron chi connectivity index (χ1n) is 4.16. The molecule has 1 saturated heterocycles. The Balaban J connectivity index is 2.05. The monoisotopic (exact) mass is 223 g/mol. The second-order valence-corrected chi connectivity index (χ2v) is 2.84. The highest BCUT2D eigenvalue weighted by atomic mass is 16.2. The van der Waals surface area contributed by atoms with Crippen LogP contribution in [0.5, 0.6) is 0 Å². The lowest BCUT2D eigenvalue weighted by Crippen LogP contribution is -2.56. The molecule has 0 aliphatic carbocycles. The molecule has 10 nitrogen and oxygen atoms in total. The Morgan fingerprint density at radius 2 is 1.62 bits per heavy atom. The van der Waals surface area contributed by atoms with Crippen molar-refractivity contribution in [1.29, 1.82) is 0 Å². The molecule has 0 aromatic heterocycles. The summed E-state index contributed by atoms with van der Waals surface area (Å²) in [6, 6.07) is -0.847.